The van der Waals surface area contributed by atoms with Crippen LogP contribution in [0.1, 0.15) is 5.89 Å². The van der Waals surface area contributed by atoms with E-state index in [1.54, 1.807) is 25.3 Å². The first-order valence-electron chi connectivity index (χ1n) is 4.92. The highest BCUT2D eigenvalue weighted by Crippen LogP contribution is 2.21. The zero-order valence-electron chi connectivity index (χ0n) is 9.17. The number of methoxy groups -OCH3 is 1. The van der Waals surface area contributed by atoms with Gasteiger partial charge in [0.05, 0.1) is 7.11 Å². The number of nitrogens with zero attached hydrogens (tertiary/aromatic N) is 1. The zero-order chi connectivity index (χ0) is 12.3. The van der Waals surface area contributed by atoms with Crippen LogP contribution in [0.3, 0.4) is 0 Å². The first-order chi connectivity index (χ1) is 8.19. The van der Waals surface area contributed by atoms with Gasteiger partial charge in [0.25, 0.3) is 0 Å². The van der Waals surface area contributed by atoms with Crippen LogP contribution in [0.25, 0.3) is 11.1 Å². The molecular formula is C11H11NO5. The van der Waals surface area contributed by atoms with Crippen molar-refractivity contribution in [2.24, 2.45) is 0 Å². The van der Waals surface area contributed by atoms with Crippen molar-refractivity contribution >= 4 is 17.1 Å². The number of benzene rings is 1. The third-order valence-electron chi connectivity index (χ3n) is 2.09. The van der Waals surface area contributed by atoms with Gasteiger partial charge in [0.2, 0.25) is 5.89 Å². The van der Waals surface area contributed by atoms with Gasteiger partial charge in [0.15, 0.2) is 5.58 Å². The minimum atomic E-state index is -1.03. The number of aliphatic carboxylic acids is 1. The van der Waals surface area contributed by atoms with E-state index in [-0.39, 0.29) is 13.2 Å². The summed E-state index contributed by atoms with van der Waals surface area (Å²) in [6, 6.07) is 5.24. The highest BCUT2D eigenvalue weighted by Gasteiger charge is 2.07. The minimum absolute atomic E-state index is 0.0310. The fourth-order valence-corrected chi connectivity index (χ4v) is 1.37. The molecule has 0 radical (unpaired) electrons. The summed E-state index contributed by atoms with van der Waals surface area (Å²) in [5, 5.41) is 8.41. The van der Waals surface area contributed by atoms with Crippen LogP contribution in [0, 0.1) is 0 Å². The predicted molar refractivity (Wildman–Crippen MR) is 57.9 cm³/mol. The predicted octanol–water partition coefficient (Wildman–Crippen LogP) is 1.44. The minimum Gasteiger partial charge on any atom is -0.497 e. The van der Waals surface area contributed by atoms with Crippen LogP contribution in [-0.4, -0.2) is 29.8 Å². The molecule has 17 heavy (non-hydrogen) atoms. The van der Waals surface area contributed by atoms with Crippen molar-refractivity contribution < 1.29 is 23.8 Å². The highest BCUT2D eigenvalue weighted by molar-refractivity contribution is 5.74. The molecule has 2 rings (SSSR count). The van der Waals surface area contributed by atoms with Gasteiger partial charge in [-0.2, -0.15) is 0 Å². The Morgan fingerprint density at radius 2 is 2.35 bits per heavy atom. The monoisotopic (exact) mass is 237 g/mol. The molecule has 0 fully saturated rings. The van der Waals surface area contributed by atoms with Gasteiger partial charge in [-0.15, -0.1) is 0 Å². The largest absolute Gasteiger partial charge is 0.497 e. The number of rotatable bonds is 5. The lowest BCUT2D eigenvalue weighted by atomic mass is 10.3. The van der Waals surface area contributed by atoms with Crippen molar-refractivity contribution in [2.75, 3.05) is 13.7 Å². The van der Waals surface area contributed by atoms with Gasteiger partial charge in [-0.1, -0.05) is 0 Å². The van der Waals surface area contributed by atoms with E-state index in [0.29, 0.717) is 22.7 Å². The molecule has 90 valence electrons. The van der Waals surface area contributed by atoms with Crippen molar-refractivity contribution in [2.45, 2.75) is 6.61 Å². The Hall–Kier alpha value is -2.08. The molecule has 0 saturated carbocycles. The maximum atomic E-state index is 10.3. The van der Waals surface area contributed by atoms with Crippen molar-refractivity contribution in [3.05, 3.63) is 24.1 Å². The van der Waals surface area contributed by atoms with Crippen LogP contribution in [-0.2, 0) is 16.1 Å². The summed E-state index contributed by atoms with van der Waals surface area (Å²) in [5.74, 6) is -0.0102. The summed E-state index contributed by atoms with van der Waals surface area (Å²) >= 11 is 0. The lowest BCUT2D eigenvalue weighted by Gasteiger charge is -1.96. The number of carboxylic acids is 1. The molecule has 0 aliphatic rings. The normalized spacial score (nSPS) is 10.6. The molecular weight excluding hydrogens is 226 g/mol. The van der Waals surface area contributed by atoms with Gasteiger partial charge < -0.3 is 19.0 Å². The van der Waals surface area contributed by atoms with Gasteiger partial charge in [-0.3, -0.25) is 0 Å². The summed E-state index contributed by atoms with van der Waals surface area (Å²) in [6.07, 6.45) is 0. The van der Waals surface area contributed by atoms with E-state index in [9.17, 15) is 4.79 Å². The number of hydrogen-bond acceptors (Lipinski definition) is 5. The molecule has 0 bridgehead atoms. The Morgan fingerprint density at radius 1 is 1.53 bits per heavy atom. The maximum Gasteiger partial charge on any atom is 0.329 e. The summed E-state index contributed by atoms with van der Waals surface area (Å²) in [6.45, 7) is -0.342. The SMILES string of the molecule is COc1ccc2nc(COCC(=O)O)oc2c1. The highest BCUT2D eigenvalue weighted by atomic mass is 16.5. The molecule has 0 saturated heterocycles. The first-order valence-corrected chi connectivity index (χ1v) is 4.92. The second kappa shape index (κ2) is 4.84. The Labute approximate surface area is 96.8 Å². The molecule has 0 aliphatic carbocycles. The van der Waals surface area contributed by atoms with E-state index in [4.69, 9.17) is 19.0 Å². The molecule has 1 aromatic heterocycles. The molecule has 1 N–H and O–H groups in total. The number of ether oxygens (including phenoxy) is 2. The van der Waals surface area contributed by atoms with Gasteiger partial charge in [0.1, 0.15) is 24.5 Å². The van der Waals surface area contributed by atoms with Crippen molar-refractivity contribution in [1.29, 1.82) is 0 Å². The summed E-state index contributed by atoms with van der Waals surface area (Å²) in [5.41, 5.74) is 1.26. The number of carbonyl (C=O) groups is 1. The fraction of sp³-hybridized carbons (Fsp3) is 0.273. The van der Waals surface area contributed by atoms with E-state index in [1.807, 2.05) is 0 Å². The zero-order valence-corrected chi connectivity index (χ0v) is 9.17. The van der Waals surface area contributed by atoms with Crippen LogP contribution < -0.4 is 4.74 Å². The van der Waals surface area contributed by atoms with E-state index in [1.165, 1.54) is 0 Å². The maximum absolute atomic E-state index is 10.3. The lowest BCUT2D eigenvalue weighted by Crippen LogP contribution is -2.06. The van der Waals surface area contributed by atoms with Crippen molar-refractivity contribution in [3.8, 4) is 5.75 Å². The molecule has 6 nitrogen and oxygen atoms in total. The smallest absolute Gasteiger partial charge is 0.329 e. The third-order valence-corrected chi connectivity index (χ3v) is 2.09. The molecule has 1 aromatic carbocycles. The number of fused-ring (bicyclic) bond motifs is 1. The van der Waals surface area contributed by atoms with E-state index in [2.05, 4.69) is 4.98 Å². The third kappa shape index (κ3) is 2.73. The average molecular weight is 237 g/mol. The van der Waals surface area contributed by atoms with Crippen LogP contribution in [0.5, 0.6) is 5.75 Å². The average Bonchev–Trinajstić information content (AvgIpc) is 2.69. The van der Waals surface area contributed by atoms with Crippen molar-refractivity contribution in [1.82, 2.24) is 4.98 Å². The molecule has 0 unspecified atom stereocenters. The molecule has 0 aliphatic heterocycles. The molecule has 0 atom stereocenters. The number of oxazole rings is 1. The molecule has 1 heterocycles. The Balaban J connectivity index is 2.11. The number of hydrogen-bond donors (Lipinski definition) is 1. The summed E-state index contributed by atoms with van der Waals surface area (Å²) < 4.78 is 15.3. The lowest BCUT2D eigenvalue weighted by molar-refractivity contribution is -0.142. The Kier molecular flexibility index (Phi) is 3.24. The Morgan fingerprint density at radius 3 is 3.06 bits per heavy atom. The first kappa shape index (κ1) is 11.4. The van der Waals surface area contributed by atoms with Crippen LogP contribution in [0.15, 0.2) is 22.6 Å². The number of carboxylic acid groups (broad SMARTS) is 1. The standard InChI is InChI=1S/C11H11NO5/c1-15-7-2-3-8-9(4-7)17-10(12-8)5-16-6-11(13)14/h2-4H,5-6H2,1H3,(H,13,14). The molecule has 6 heteroatoms. The number of aromatic nitrogens is 1. The Bertz CT molecular complexity index is 534. The topological polar surface area (TPSA) is 81.8 Å². The summed E-state index contributed by atoms with van der Waals surface area (Å²) in [7, 11) is 1.56. The second-order valence-electron chi connectivity index (χ2n) is 3.33. The quantitative estimate of drug-likeness (QED) is 0.847. The van der Waals surface area contributed by atoms with E-state index in [0.717, 1.165) is 0 Å². The summed E-state index contributed by atoms with van der Waals surface area (Å²) in [4.78, 5) is 14.4. The van der Waals surface area contributed by atoms with Gasteiger partial charge in [-0.25, -0.2) is 9.78 Å². The van der Waals surface area contributed by atoms with Crippen LogP contribution >= 0.6 is 0 Å². The van der Waals surface area contributed by atoms with E-state index < -0.39 is 5.97 Å². The van der Waals surface area contributed by atoms with Crippen molar-refractivity contribution in [3.63, 3.8) is 0 Å². The van der Waals surface area contributed by atoms with Gasteiger partial charge in [-0.05, 0) is 12.1 Å². The fourth-order valence-electron chi connectivity index (χ4n) is 1.37. The van der Waals surface area contributed by atoms with Crippen LogP contribution in [0.4, 0.5) is 0 Å². The van der Waals surface area contributed by atoms with Gasteiger partial charge >= 0.3 is 5.97 Å². The molecule has 0 spiro atoms. The second-order valence-corrected chi connectivity index (χ2v) is 3.33. The molecule has 0 amide bonds. The molecule has 2 aromatic rings. The van der Waals surface area contributed by atoms with E-state index >= 15 is 0 Å². The van der Waals surface area contributed by atoms with Gasteiger partial charge in [0, 0.05) is 6.07 Å². The van der Waals surface area contributed by atoms with Crippen LogP contribution in [0.2, 0.25) is 0 Å².